The van der Waals surface area contributed by atoms with Crippen molar-refractivity contribution >= 4 is 16.7 Å². The van der Waals surface area contributed by atoms with E-state index in [2.05, 4.69) is 15.0 Å². The molecule has 0 saturated carbocycles. The van der Waals surface area contributed by atoms with E-state index in [0.717, 1.165) is 33.8 Å². The van der Waals surface area contributed by atoms with Crippen molar-refractivity contribution < 1.29 is 13.9 Å². The van der Waals surface area contributed by atoms with Crippen LogP contribution in [0, 0.1) is 6.92 Å². The van der Waals surface area contributed by atoms with Crippen LogP contribution in [0.15, 0.2) is 47.2 Å². The molecule has 0 fully saturated rings. The Kier molecular flexibility index (Phi) is 4.94. The monoisotopic (exact) mass is 414 g/mol. The SMILES string of the molecule is CCOc1ccc2nc(Cc3ncc4c(n3)CC(c3ccco3)CC4=O)nc(C)c2c1. The van der Waals surface area contributed by atoms with Crippen molar-refractivity contribution in [2.24, 2.45) is 0 Å². The highest BCUT2D eigenvalue weighted by Crippen LogP contribution is 2.32. The molecule has 1 unspecified atom stereocenters. The first-order valence-corrected chi connectivity index (χ1v) is 10.4. The Morgan fingerprint density at radius 3 is 2.84 bits per heavy atom. The zero-order chi connectivity index (χ0) is 21.4. The van der Waals surface area contributed by atoms with E-state index in [1.165, 1.54) is 0 Å². The summed E-state index contributed by atoms with van der Waals surface area (Å²) in [5, 5.41) is 0.966. The van der Waals surface area contributed by atoms with E-state index < -0.39 is 0 Å². The summed E-state index contributed by atoms with van der Waals surface area (Å²) >= 11 is 0. The molecule has 3 aromatic heterocycles. The van der Waals surface area contributed by atoms with Gasteiger partial charge in [0, 0.05) is 36.0 Å². The normalized spacial score (nSPS) is 15.8. The van der Waals surface area contributed by atoms with E-state index in [0.29, 0.717) is 43.1 Å². The summed E-state index contributed by atoms with van der Waals surface area (Å²) in [5.41, 5.74) is 3.11. The maximum Gasteiger partial charge on any atom is 0.167 e. The van der Waals surface area contributed by atoms with Gasteiger partial charge in [0.2, 0.25) is 0 Å². The molecule has 4 aromatic rings. The largest absolute Gasteiger partial charge is 0.494 e. The average Bonchev–Trinajstić information content (AvgIpc) is 3.29. The quantitative estimate of drug-likeness (QED) is 0.483. The number of carbonyl (C=O) groups excluding carboxylic acids is 1. The molecule has 0 radical (unpaired) electrons. The average molecular weight is 414 g/mol. The third-order valence-corrected chi connectivity index (χ3v) is 5.57. The number of carbonyl (C=O) groups is 1. The van der Waals surface area contributed by atoms with Gasteiger partial charge in [0.05, 0.1) is 36.1 Å². The summed E-state index contributed by atoms with van der Waals surface area (Å²) in [7, 11) is 0. The number of Topliss-reactive ketones (excluding diaryl/α,β-unsaturated/α-hetero) is 1. The summed E-state index contributed by atoms with van der Waals surface area (Å²) in [5.74, 6) is 2.95. The molecule has 0 saturated heterocycles. The summed E-state index contributed by atoms with van der Waals surface area (Å²) in [4.78, 5) is 31.0. The molecule has 5 rings (SSSR count). The molecule has 0 N–H and O–H groups in total. The molecule has 0 amide bonds. The molecule has 3 heterocycles. The number of fused-ring (bicyclic) bond motifs is 2. The Bertz CT molecular complexity index is 1270. The Hall–Kier alpha value is -3.61. The van der Waals surface area contributed by atoms with E-state index >= 15 is 0 Å². The third-order valence-electron chi connectivity index (χ3n) is 5.57. The molecule has 0 bridgehead atoms. The van der Waals surface area contributed by atoms with Crippen LogP contribution in [-0.2, 0) is 12.8 Å². The smallest absolute Gasteiger partial charge is 0.167 e. The van der Waals surface area contributed by atoms with E-state index in [9.17, 15) is 4.79 Å². The Labute approximate surface area is 179 Å². The van der Waals surface area contributed by atoms with Crippen LogP contribution in [0.4, 0.5) is 0 Å². The zero-order valence-corrected chi connectivity index (χ0v) is 17.5. The van der Waals surface area contributed by atoms with Crippen molar-refractivity contribution in [1.82, 2.24) is 19.9 Å². The minimum absolute atomic E-state index is 0.0106. The van der Waals surface area contributed by atoms with Crippen LogP contribution in [0.25, 0.3) is 10.9 Å². The second-order valence-corrected chi connectivity index (χ2v) is 7.70. The number of ether oxygens (including phenoxy) is 1. The lowest BCUT2D eigenvalue weighted by atomic mass is 9.85. The Morgan fingerprint density at radius 2 is 2.03 bits per heavy atom. The summed E-state index contributed by atoms with van der Waals surface area (Å²) in [6.45, 7) is 4.53. The first-order chi connectivity index (χ1) is 15.1. The molecule has 7 nitrogen and oxygen atoms in total. The number of nitrogens with zero attached hydrogens (tertiary/aromatic N) is 4. The fourth-order valence-electron chi connectivity index (χ4n) is 4.09. The number of rotatable bonds is 5. The number of furan rings is 1. The topological polar surface area (TPSA) is 91.0 Å². The highest BCUT2D eigenvalue weighted by molar-refractivity contribution is 5.98. The summed E-state index contributed by atoms with van der Waals surface area (Å²) in [6.07, 6.45) is 4.75. The highest BCUT2D eigenvalue weighted by Gasteiger charge is 2.29. The molecule has 156 valence electrons. The number of aromatic nitrogens is 4. The van der Waals surface area contributed by atoms with E-state index in [-0.39, 0.29) is 11.7 Å². The molecule has 1 aromatic carbocycles. The molecule has 31 heavy (non-hydrogen) atoms. The number of benzene rings is 1. The second kappa shape index (κ2) is 7.91. The van der Waals surface area contributed by atoms with Crippen molar-refractivity contribution in [3.63, 3.8) is 0 Å². The van der Waals surface area contributed by atoms with Gasteiger partial charge >= 0.3 is 0 Å². The maximum atomic E-state index is 12.6. The van der Waals surface area contributed by atoms with Crippen LogP contribution >= 0.6 is 0 Å². The molecule has 1 aliphatic rings. The van der Waals surface area contributed by atoms with Gasteiger partial charge in [0.25, 0.3) is 0 Å². The minimum atomic E-state index is 0.0106. The lowest BCUT2D eigenvalue weighted by molar-refractivity contribution is 0.0958. The molecular formula is C24H22N4O3. The first-order valence-electron chi connectivity index (χ1n) is 10.4. The molecule has 0 spiro atoms. The van der Waals surface area contributed by atoms with Gasteiger partial charge in [-0.1, -0.05) is 0 Å². The predicted octanol–water partition coefficient (Wildman–Crippen LogP) is 4.22. The fraction of sp³-hybridized carbons (Fsp3) is 0.292. The van der Waals surface area contributed by atoms with Crippen LogP contribution in [0.1, 0.15) is 58.4 Å². The van der Waals surface area contributed by atoms with E-state index in [1.807, 2.05) is 44.2 Å². The van der Waals surface area contributed by atoms with Gasteiger partial charge in [0.1, 0.15) is 23.2 Å². The zero-order valence-electron chi connectivity index (χ0n) is 17.5. The van der Waals surface area contributed by atoms with Gasteiger partial charge in [-0.05, 0) is 44.2 Å². The predicted molar refractivity (Wildman–Crippen MR) is 114 cm³/mol. The second-order valence-electron chi connectivity index (χ2n) is 7.70. The fourth-order valence-corrected chi connectivity index (χ4v) is 4.09. The van der Waals surface area contributed by atoms with Crippen molar-refractivity contribution in [3.05, 3.63) is 77.2 Å². The van der Waals surface area contributed by atoms with Gasteiger partial charge in [-0.15, -0.1) is 0 Å². The number of hydrogen-bond donors (Lipinski definition) is 0. The summed E-state index contributed by atoms with van der Waals surface area (Å²) < 4.78 is 11.1. The van der Waals surface area contributed by atoms with Gasteiger partial charge < -0.3 is 9.15 Å². The van der Waals surface area contributed by atoms with Gasteiger partial charge in [-0.25, -0.2) is 19.9 Å². The Morgan fingerprint density at radius 1 is 1.13 bits per heavy atom. The Balaban J connectivity index is 1.43. The first kappa shape index (κ1) is 19.4. The van der Waals surface area contributed by atoms with E-state index in [4.69, 9.17) is 14.1 Å². The number of aryl methyl sites for hydroxylation is 1. The number of ketones is 1. The van der Waals surface area contributed by atoms with Gasteiger partial charge in [-0.3, -0.25) is 4.79 Å². The molecular weight excluding hydrogens is 392 g/mol. The maximum absolute atomic E-state index is 12.6. The molecule has 1 aliphatic carbocycles. The van der Waals surface area contributed by atoms with Crippen LogP contribution in [-0.4, -0.2) is 32.3 Å². The van der Waals surface area contributed by atoms with Crippen molar-refractivity contribution in [3.8, 4) is 5.75 Å². The molecule has 7 heteroatoms. The van der Waals surface area contributed by atoms with Crippen molar-refractivity contribution in [1.29, 1.82) is 0 Å². The van der Waals surface area contributed by atoms with Crippen molar-refractivity contribution in [2.45, 2.75) is 39.0 Å². The molecule has 1 atom stereocenters. The van der Waals surface area contributed by atoms with Crippen LogP contribution in [0.5, 0.6) is 5.75 Å². The van der Waals surface area contributed by atoms with Crippen LogP contribution in [0.2, 0.25) is 0 Å². The van der Waals surface area contributed by atoms with Crippen molar-refractivity contribution in [2.75, 3.05) is 6.61 Å². The lowest BCUT2D eigenvalue weighted by Crippen LogP contribution is -2.21. The van der Waals surface area contributed by atoms with Gasteiger partial charge in [-0.2, -0.15) is 0 Å². The standard InChI is InChI=1S/C24H22N4O3/c1-3-30-16-6-7-19-17(11-16)14(2)26-24(27-19)12-23-25-13-18-20(28-23)9-15(10-21(18)29)22-5-4-8-31-22/h4-8,11,13,15H,3,9-10,12H2,1-2H3. The highest BCUT2D eigenvalue weighted by atomic mass is 16.5. The number of hydrogen-bond acceptors (Lipinski definition) is 7. The minimum Gasteiger partial charge on any atom is -0.494 e. The third kappa shape index (κ3) is 3.79. The van der Waals surface area contributed by atoms with Crippen LogP contribution in [0.3, 0.4) is 0 Å². The van der Waals surface area contributed by atoms with Gasteiger partial charge in [0.15, 0.2) is 5.78 Å². The molecule has 0 aliphatic heterocycles. The summed E-state index contributed by atoms with van der Waals surface area (Å²) in [6, 6.07) is 9.58. The van der Waals surface area contributed by atoms with E-state index in [1.54, 1.807) is 12.5 Å². The lowest BCUT2D eigenvalue weighted by Gasteiger charge is -2.21. The van der Waals surface area contributed by atoms with Crippen LogP contribution < -0.4 is 4.74 Å².